The van der Waals surface area contributed by atoms with Crippen molar-refractivity contribution in [1.82, 2.24) is 5.32 Å². The summed E-state index contributed by atoms with van der Waals surface area (Å²) in [6, 6.07) is 16.0. The fraction of sp³-hybridized carbons (Fsp3) is 0.417. The van der Waals surface area contributed by atoms with Crippen LogP contribution in [0.2, 0.25) is 0 Å². The molecule has 0 saturated carbocycles. The van der Waals surface area contributed by atoms with E-state index in [4.69, 9.17) is 0 Å². The SMILES string of the molecule is Cc1ccccc1NC(=O)C(=O)NC[C@@H](c1ccc(N(C)C)cc1)[NH+]1CC[NH+](C)CC1. The molecule has 3 rings (SSSR count). The topological polar surface area (TPSA) is 70.3 Å². The fourth-order valence-electron chi connectivity index (χ4n) is 4.02. The highest BCUT2D eigenvalue weighted by Gasteiger charge is 2.30. The van der Waals surface area contributed by atoms with Crippen molar-refractivity contribution in [2.75, 3.05) is 64.1 Å². The summed E-state index contributed by atoms with van der Waals surface area (Å²) < 4.78 is 0. The molecule has 2 aromatic carbocycles. The van der Waals surface area contributed by atoms with Gasteiger partial charge in [-0.3, -0.25) is 9.59 Å². The zero-order chi connectivity index (χ0) is 22.4. The smallest absolute Gasteiger partial charge is 0.313 e. The first-order valence-electron chi connectivity index (χ1n) is 10.9. The highest BCUT2D eigenvalue weighted by molar-refractivity contribution is 6.39. The first-order valence-corrected chi connectivity index (χ1v) is 10.9. The van der Waals surface area contributed by atoms with Crippen molar-refractivity contribution in [1.29, 1.82) is 0 Å². The molecule has 0 radical (unpaired) electrons. The Morgan fingerprint density at radius 2 is 1.61 bits per heavy atom. The van der Waals surface area contributed by atoms with Crippen molar-refractivity contribution in [3.05, 3.63) is 59.7 Å². The molecule has 0 bridgehead atoms. The Morgan fingerprint density at radius 3 is 2.23 bits per heavy atom. The number of hydrogen-bond donors (Lipinski definition) is 4. The summed E-state index contributed by atoms with van der Waals surface area (Å²) in [5.74, 6) is -1.23. The lowest BCUT2D eigenvalue weighted by atomic mass is 10.0. The molecule has 1 aliphatic rings. The van der Waals surface area contributed by atoms with Gasteiger partial charge in [0.25, 0.3) is 0 Å². The van der Waals surface area contributed by atoms with Crippen molar-refractivity contribution < 1.29 is 19.4 Å². The molecule has 4 N–H and O–H groups in total. The monoisotopic (exact) mass is 425 g/mol. The molecule has 1 heterocycles. The van der Waals surface area contributed by atoms with Gasteiger partial charge in [-0.1, -0.05) is 30.3 Å². The normalized spacial score (nSPS) is 19.4. The van der Waals surface area contributed by atoms with Crippen LogP contribution in [0, 0.1) is 6.92 Å². The Bertz CT molecular complexity index is 889. The zero-order valence-electron chi connectivity index (χ0n) is 19.0. The van der Waals surface area contributed by atoms with E-state index in [1.165, 1.54) is 15.4 Å². The standard InChI is InChI=1S/C24H33N5O2/c1-18-7-5-6-8-21(18)26-24(31)23(30)25-17-22(29-15-13-28(4)14-16-29)19-9-11-20(12-10-19)27(2)3/h5-12,22H,13-17H2,1-4H3,(H,25,30)(H,26,31)/p+2/t22-/m0/s1. The maximum absolute atomic E-state index is 12.5. The minimum absolute atomic E-state index is 0.111. The van der Waals surface area contributed by atoms with E-state index in [1.54, 1.807) is 6.07 Å². The number of likely N-dealkylation sites (N-methyl/N-ethyl adjacent to an activating group) is 1. The molecule has 0 aliphatic carbocycles. The average molecular weight is 426 g/mol. The van der Waals surface area contributed by atoms with Gasteiger partial charge in [-0.25, -0.2) is 0 Å². The molecule has 31 heavy (non-hydrogen) atoms. The van der Waals surface area contributed by atoms with Crippen molar-refractivity contribution in [2.45, 2.75) is 13.0 Å². The number of amides is 2. The summed E-state index contributed by atoms with van der Waals surface area (Å²) in [5, 5.41) is 5.59. The predicted octanol–water partition coefficient (Wildman–Crippen LogP) is -0.730. The van der Waals surface area contributed by atoms with Crippen LogP contribution in [0.25, 0.3) is 0 Å². The van der Waals surface area contributed by atoms with Crippen LogP contribution < -0.4 is 25.3 Å². The van der Waals surface area contributed by atoms with Gasteiger partial charge in [-0.2, -0.15) is 0 Å². The Kier molecular flexibility index (Phi) is 7.65. The van der Waals surface area contributed by atoms with Crippen LogP contribution in [0.4, 0.5) is 11.4 Å². The Morgan fingerprint density at radius 1 is 0.968 bits per heavy atom. The summed E-state index contributed by atoms with van der Waals surface area (Å²) in [7, 11) is 6.26. The predicted molar refractivity (Wildman–Crippen MR) is 124 cm³/mol. The van der Waals surface area contributed by atoms with Crippen LogP contribution in [-0.2, 0) is 9.59 Å². The molecule has 0 unspecified atom stereocenters. The van der Waals surface area contributed by atoms with Crippen molar-refractivity contribution in [3.63, 3.8) is 0 Å². The van der Waals surface area contributed by atoms with Crippen molar-refractivity contribution >= 4 is 23.2 Å². The average Bonchev–Trinajstić information content (AvgIpc) is 2.76. The number of nitrogens with one attached hydrogen (secondary N) is 4. The summed E-state index contributed by atoms with van der Waals surface area (Å²) in [6.45, 7) is 6.61. The summed E-state index contributed by atoms with van der Waals surface area (Å²) in [5.41, 5.74) is 3.90. The van der Waals surface area contributed by atoms with Gasteiger partial charge < -0.3 is 25.3 Å². The number of aryl methyl sites for hydroxylation is 1. The molecule has 7 heteroatoms. The summed E-state index contributed by atoms with van der Waals surface area (Å²) in [4.78, 5) is 30.0. The van der Waals surface area contributed by atoms with E-state index in [1.807, 2.05) is 39.2 Å². The molecule has 1 saturated heterocycles. The maximum Gasteiger partial charge on any atom is 0.313 e. The lowest BCUT2D eigenvalue weighted by Gasteiger charge is -2.33. The van der Waals surface area contributed by atoms with E-state index < -0.39 is 11.8 Å². The number of rotatable bonds is 6. The molecule has 1 fully saturated rings. The molecule has 1 atom stereocenters. The first kappa shape index (κ1) is 22.8. The Balaban J connectivity index is 1.68. The number of para-hydroxylation sites is 1. The number of carbonyl (C=O) groups is 2. The van der Waals surface area contributed by atoms with Gasteiger partial charge in [-0.15, -0.1) is 0 Å². The quantitative estimate of drug-likeness (QED) is 0.462. The number of quaternary nitrogens is 2. The molecule has 166 valence electrons. The second-order valence-corrected chi connectivity index (χ2v) is 8.63. The van der Waals surface area contributed by atoms with E-state index in [0.29, 0.717) is 12.2 Å². The third-order valence-electron chi connectivity index (χ3n) is 6.12. The summed E-state index contributed by atoms with van der Waals surface area (Å²) >= 11 is 0. The van der Waals surface area contributed by atoms with Gasteiger partial charge in [0.05, 0.1) is 13.6 Å². The summed E-state index contributed by atoms with van der Waals surface area (Å²) in [6.07, 6.45) is 0. The largest absolute Gasteiger partial charge is 0.378 e. The van der Waals surface area contributed by atoms with Crippen LogP contribution in [-0.4, -0.2) is 65.7 Å². The number of carbonyl (C=O) groups excluding carboxylic acids is 2. The second kappa shape index (κ2) is 10.4. The van der Waals surface area contributed by atoms with Gasteiger partial charge in [0, 0.05) is 31.0 Å². The second-order valence-electron chi connectivity index (χ2n) is 8.63. The number of hydrogen-bond acceptors (Lipinski definition) is 3. The minimum Gasteiger partial charge on any atom is -0.378 e. The maximum atomic E-state index is 12.5. The molecular formula is C24H35N5O2+2. The first-order chi connectivity index (χ1) is 14.8. The Labute approximate surface area is 185 Å². The molecule has 2 amide bonds. The number of benzene rings is 2. The van der Waals surface area contributed by atoms with E-state index in [-0.39, 0.29) is 6.04 Å². The van der Waals surface area contributed by atoms with Crippen molar-refractivity contribution in [3.8, 4) is 0 Å². The lowest BCUT2D eigenvalue weighted by molar-refractivity contribution is -1.02. The number of piperazine rings is 1. The van der Waals surface area contributed by atoms with E-state index in [0.717, 1.165) is 37.4 Å². The van der Waals surface area contributed by atoms with Crippen LogP contribution in [0.3, 0.4) is 0 Å². The molecule has 0 aromatic heterocycles. The number of anilines is 2. The van der Waals surface area contributed by atoms with Crippen molar-refractivity contribution in [2.24, 2.45) is 0 Å². The third kappa shape index (κ3) is 6.06. The van der Waals surface area contributed by atoms with Gasteiger partial charge in [0.2, 0.25) is 0 Å². The zero-order valence-corrected chi connectivity index (χ0v) is 19.0. The van der Waals surface area contributed by atoms with E-state index in [2.05, 4.69) is 46.8 Å². The molecule has 2 aromatic rings. The van der Waals surface area contributed by atoms with E-state index in [9.17, 15) is 9.59 Å². The van der Waals surface area contributed by atoms with Gasteiger partial charge in [0.15, 0.2) is 0 Å². The highest BCUT2D eigenvalue weighted by Crippen LogP contribution is 2.16. The van der Waals surface area contributed by atoms with Gasteiger partial charge in [-0.05, 0) is 30.7 Å². The van der Waals surface area contributed by atoms with Crippen LogP contribution >= 0.6 is 0 Å². The highest BCUT2D eigenvalue weighted by atomic mass is 16.2. The van der Waals surface area contributed by atoms with E-state index >= 15 is 0 Å². The lowest BCUT2D eigenvalue weighted by Crippen LogP contribution is -3.27. The molecule has 0 spiro atoms. The van der Waals surface area contributed by atoms with Crippen LogP contribution in [0.5, 0.6) is 0 Å². The van der Waals surface area contributed by atoms with Gasteiger partial charge >= 0.3 is 11.8 Å². The molecular weight excluding hydrogens is 390 g/mol. The van der Waals surface area contributed by atoms with Crippen LogP contribution in [0.1, 0.15) is 17.2 Å². The van der Waals surface area contributed by atoms with Gasteiger partial charge in [0.1, 0.15) is 32.2 Å². The minimum atomic E-state index is -0.631. The molecule has 1 aliphatic heterocycles. The third-order valence-corrected chi connectivity index (χ3v) is 6.12. The fourth-order valence-corrected chi connectivity index (χ4v) is 4.02. The number of nitrogens with zero attached hydrogens (tertiary/aromatic N) is 1. The molecule has 7 nitrogen and oxygen atoms in total. The Hall–Kier alpha value is -2.90. The van der Waals surface area contributed by atoms with Crippen LogP contribution in [0.15, 0.2) is 48.5 Å².